The van der Waals surface area contributed by atoms with E-state index in [9.17, 15) is 14.4 Å². The van der Waals surface area contributed by atoms with Crippen molar-refractivity contribution in [1.82, 2.24) is 10.9 Å². The first-order valence-electron chi connectivity index (χ1n) is 5.42. The summed E-state index contributed by atoms with van der Waals surface area (Å²) in [5.41, 5.74) is 4.72. The van der Waals surface area contributed by atoms with Crippen LogP contribution < -0.4 is 10.9 Å². The Morgan fingerprint density at radius 1 is 1.05 bits per heavy atom. The van der Waals surface area contributed by atoms with Crippen molar-refractivity contribution >= 4 is 17.8 Å². The average molecular weight is 266 g/mol. The lowest BCUT2D eigenvalue weighted by Gasteiger charge is -2.07. The first kappa shape index (κ1) is 14.7. The van der Waals surface area contributed by atoms with Crippen LogP contribution in [0.5, 0.6) is 0 Å². The molecule has 0 heterocycles. The summed E-state index contributed by atoms with van der Waals surface area (Å²) in [6.45, 7) is -0.721. The number of nitrogens with one attached hydrogen (secondary N) is 2. The van der Waals surface area contributed by atoms with Gasteiger partial charge in [0.1, 0.15) is 6.61 Å². The van der Waals surface area contributed by atoms with Gasteiger partial charge in [-0.3, -0.25) is 20.4 Å². The van der Waals surface area contributed by atoms with Crippen LogP contribution in [-0.2, 0) is 19.1 Å². The third-order valence-corrected chi connectivity index (χ3v) is 1.98. The lowest BCUT2D eigenvalue weighted by atomic mass is 10.2. The molecule has 7 heteroatoms. The van der Waals surface area contributed by atoms with Crippen LogP contribution in [0.25, 0.3) is 0 Å². The summed E-state index contributed by atoms with van der Waals surface area (Å²) in [5.74, 6) is -1.77. The van der Waals surface area contributed by atoms with E-state index in [1.807, 2.05) is 0 Å². The van der Waals surface area contributed by atoms with E-state index in [4.69, 9.17) is 0 Å². The molecule has 0 saturated carbocycles. The summed E-state index contributed by atoms with van der Waals surface area (Å²) < 4.78 is 9.07. The fraction of sp³-hybridized carbons (Fsp3) is 0.250. The van der Waals surface area contributed by atoms with E-state index in [2.05, 4.69) is 20.3 Å². The first-order chi connectivity index (χ1) is 9.13. The fourth-order valence-electron chi connectivity index (χ4n) is 1.13. The number of benzene rings is 1. The van der Waals surface area contributed by atoms with Crippen LogP contribution in [0.1, 0.15) is 10.4 Å². The smallest absolute Gasteiger partial charge is 0.332 e. The van der Waals surface area contributed by atoms with Gasteiger partial charge in [-0.25, -0.2) is 4.79 Å². The Hall–Kier alpha value is -2.41. The van der Waals surface area contributed by atoms with E-state index in [1.54, 1.807) is 30.3 Å². The molecule has 102 valence electrons. The predicted molar refractivity (Wildman–Crippen MR) is 64.9 cm³/mol. The van der Waals surface area contributed by atoms with Crippen LogP contribution in [0.4, 0.5) is 0 Å². The summed E-state index contributed by atoms with van der Waals surface area (Å²) in [6, 6.07) is 8.36. The molecule has 0 aliphatic carbocycles. The fourth-order valence-corrected chi connectivity index (χ4v) is 1.13. The highest BCUT2D eigenvalue weighted by atomic mass is 16.6. The second kappa shape index (κ2) is 7.83. The molecule has 2 amide bonds. The van der Waals surface area contributed by atoms with Gasteiger partial charge in [-0.05, 0) is 12.1 Å². The zero-order valence-corrected chi connectivity index (χ0v) is 10.3. The highest BCUT2D eigenvalue weighted by Gasteiger charge is 2.09. The number of carbonyl (C=O) groups excluding carboxylic acids is 3. The standard InChI is InChI=1S/C12H14N2O5/c1-18-8-11(16)19-7-10(15)13-14-12(17)9-5-3-2-4-6-9/h2-6H,7-8H2,1H3,(H,13,15)(H,14,17). The number of methoxy groups -OCH3 is 1. The molecule has 19 heavy (non-hydrogen) atoms. The Morgan fingerprint density at radius 2 is 1.74 bits per heavy atom. The van der Waals surface area contributed by atoms with Crippen molar-refractivity contribution in [3.8, 4) is 0 Å². The molecule has 0 unspecified atom stereocenters. The van der Waals surface area contributed by atoms with E-state index in [0.717, 1.165) is 0 Å². The van der Waals surface area contributed by atoms with E-state index < -0.39 is 24.4 Å². The molecule has 0 saturated heterocycles. The summed E-state index contributed by atoms with van der Waals surface area (Å²) in [6.07, 6.45) is 0. The molecule has 0 radical (unpaired) electrons. The molecular formula is C12H14N2O5. The van der Waals surface area contributed by atoms with Crippen molar-refractivity contribution in [2.24, 2.45) is 0 Å². The largest absolute Gasteiger partial charge is 0.454 e. The van der Waals surface area contributed by atoms with Crippen molar-refractivity contribution in [2.75, 3.05) is 20.3 Å². The lowest BCUT2D eigenvalue weighted by molar-refractivity contribution is -0.152. The highest BCUT2D eigenvalue weighted by molar-refractivity contribution is 5.95. The van der Waals surface area contributed by atoms with Crippen molar-refractivity contribution in [1.29, 1.82) is 0 Å². The molecule has 2 N–H and O–H groups in total. The van der Waals surface area contributed by atoms with Crippen molar-refractivity contribution < 1.29 is 23.9 Å². The molecule has 0 atom stereocenters. The Bertz CT molecular complexity index is 447. The van der Waals surface area contributed by atoms with Gasteiger partial charge in [-0.2, -0.15) is 0 Å². The van der Waals surface area contributed by atoms with E-state index in [-0.39, 0.29) is 6.61 Å². The maximum Gasteiger partial charge on any atom is 0.332 e. The number of hydrogen-bond donors (Lipinski definition) is 2. The number of ether oxygens (including phenoxy) is 2. The van der Waals surface area contributed by atoms with Gasteiger partial charge in [-0.15, -0.1) is 0 Å². The molecule has 0 spiro atoms. The van der Waals surface area contributed by atoms with Crippen LogP contribution in [0.2, 0.25) is 0 Å². The summed E-state index contributed by atoms with van der Waals surface area (Å²) in [5, 5.41) is 0. The average Bonchev–Trinajstić information content (AvgIpc) is 2.44. The molecule has 0 bridgehead atoms. The van der Waals surface area contributed by atoms with Gasteiger partial charge < -0.3 is 9.47 Å². The van der Waals surface area contributed by atoms with Crippen LogP contribution in [-0.4, -0.2) is 38.1 Å². The Kier molecular flexibility index (Phi) is 6.04. The Labute approximate surface area is 109 Å². The summed E-state index contributed by atoms with van der Waals surface area (Å²) in [7, 11) is 1.33. The number of carbonyl (C=O) groups is 3. The monoisotopic (exact) mass is 266 g/mol. The number of rotatable bonds is 5. The molecule has 0 aliphatic rings. The number of hydrazine groups is 1. The van der Waals surface area contributed by atoms with E-state index in [1.165, 1.54) is 7.11 Å². The van der Waals surface area contributed by atoms with Gasteiger partial charge in [0.15, 0.2) is 6.61 Å². The first-order valence-corrected chi connectivity index (χ1v) is 5.42. The van der Waals surface area contributed by atoms with E-state index in [0.29, 0.717) is 5.56 Å². The molecule has 1 aromatic rings. The van der Waals surface area contributed by atoms with Crippen molar-refractivity contribution in [3.63, 3.8) is 0 Å². The second-order valence-corrected chi connectivity index (χ2v) is 3.46. The predicted octanol–water partition coefficient (Wildman–Crippen LogP) is -0.363. The summed E-state index contributed by atoms with van der Waals surface area (Å²) in [4.78, 5) is 33.7. The number of esters is 1. The van der Waals surface area contributed by atoms with Gasteiger partial charge >= 0.3 is 5.97 Å². The molecular weight excluding hydrogens is 252 g/mol. The summed E-state index contributed by atoms with van der Waals surface area (Å²) >= 11 is 0. The minimum Gasteiger partial charge on any atom is -0.454 e. The molecule has 0 aromatic heterocycles. The third kappa shape index (κ3) is 5.64. The maximum absolute atomic E-state index is 11.5. The zero-order valence-electron chi connectivity index (χ0n) is 10.3. The van der Waals surface area contributed by atoms with Crippen molar-refractivity contribution in [2.45, 2.75) is 0 Å². The highest BCUT2D eigenvalue weighted by Crippen LogP contribution is 1.96. The molecule has 0 aliphatic heterocycles. The Morgan fingerprint density at radius 3 is 2.37 bits per heavy atom. The number of hydrogen-bond acceptors (Lipinski definition) is 5. The minimum atomic E-state index is -0.660. The maximum atomic E-state index is 11.5. The number of amides is 2. The molecule has 7 nitrogen and oxygen atoms in total. The Balaban J connectivity index is 2.27. The van der Waals surface area contributed by atoms with E-state index >= 15 is 0 Å². The van der Waals surface area contributed by atoms with Crippen molar-refractivity contribution in [3.05, 3.63) is 35.9 Å². The van der Waals surface area contributed by atoms with Gasteiger partial charge in [0.25, 0.3) is 11.8 Å². The normalized spacial score (nSPS) is 9.53. The van der Waals surface area contributed by atoms with Crippen LogP contribution in [0.15, 0.2) is 30.3 Å². The molecule has 1 aromatic carbocycles. The lowest BCUT2D eigenvalue weighted by Crippen LogP contribution is -2.43. The van der Waals surface area contributed by atoms with Gasteiger partial charge in [0, 0.05) is 12.7 Å². The molecule has 0 fully saturated rings. The van der Waals surface area contributed by atoms with Gasteiger partial charge in [0.2, 0.25) is 0 Å². The third-order valence-electron chi connectivity index (χ3n) is 1.98. The minimum absolute atomic E-state index is 0.232. The zero-order chi connectivity index (χ0) is 14.1. The quantitative estimate of drug-likeness (QED) is 0.560. The second-order valence-electron chi connectivity index (χ2n) is 3.46. The molecule has 1 rings (SSSR count). The van der Waals surface area contributed by atoms with Crippen LogP contribution in [0.3, 0.4) is 0 Å². The van der Waals surface area contributed by atoms with Crippen LogP contribution in [0, 0.1) is 0 Å². The SMILES string of the molecule is COCC(=O)OCC(=O)NNC(=O)c1ccccc1. The van der Waals surface area contributed by atoms with Crippen LogP contribution >= 0.6 is 0 Å². The van der Waals surface area contributed by atoms with Gasteiger partial charge in [-0.1, -0.05) is 18.2 Å². The van der Waals surface area contributed by atoms with Gasteiger partial charge in [0.05, 0.1) is 0 Å². The topological polar surface area (TPSA) is 93.7 Å².